The maximum atomic E-state index is 2.53. The highest BCUT2D eigenvalue weighted by Crippen LogP contribution is 2.63. The Kier molecular flexibility index (Phi) is 10.9. The van der Waals surface area contributed by atoms with Gasteiger partial charge in [0.25, 0.3) is 0 Å². The molecular weight excluding hydrogens is 903 g/mol. The lowest BCUT2D eigenvalue weighted by atomic mass is 9.57. The molecule has 14 rings (SSSR count). The third-order valence-corrected chi connectivity index (χ3v) is 15.9. The smallest absolute Gasteiger partial charge is 0.0719 e. The van der Waals surface area contributed by atoms with Gasteiger partial charge < -0.3 is 4.90 Å². The van der Waals surface area contributed by atoms with Crippen molar-refractivity contribution in [1.29, 1.82) is 0 Å². The van der Waals surface area contributed by atoms with Crippen molar-refractivity contribution in [3.8, 4) is 66.8 Å². The number of rotatable bonds is 9. The molecule has 0 saturated heterocycles. The van der Waals surface area contributed by atoms with Crippen molar-refractivity contribution in [2.75, 3.05) is 4.90 Å². The summed E-state index contributed by atoms with van der Waals surface area (Å²) in [5.41, 5.74) is 26.3. The highest BCUT2D eigenvalue weighted by molar-refractivity contribution is 5.94. The van der Waals surface area contributed by atoms with Crippen molar-refractivity contribution >= 4 is 17.1 Å². The number of hydrogen-bond acceptors (Lipinski definition) is 1. The molecule has 0 amide bonds. The molecule has 0 N–H and O–H groups in total. The summed E-state index contributed by atoms with van der Waals surface area (Å²) in [4.78, 5) is 2.48. The van der Waals surface area contributed by atoms with E-state index in [2.05, 4.69) is 308 Å². The number of anilines is 3. The van der Waals surface area contributed by atoms with Crippen LogP contribution in [0.3, 0.4) is 0 Å². The SMILES string of the molecule is c1ccc(-c2ccc(N(c3ccc(-c4ccccc4)cc3)c3cccc(C4c5cc(-c6ccccc6)ccc5C5(c6ccccc6-c6ccccc65)c5cc(-c6ccccc6)ccc54)c3-c3ccccc3)cc2)cc1. The summed E-state index contributed by atoms with van der Waals surface area (Å²) in [6.07, 6.45) is 0. The summed E-state index contributed by atoms with van der Waals surface area (Å²) >= 11 is 0. The molecule has 1 spiro atoms. The van der Waals surface area contributed by atoms with Crippen LogP contribution in [0, 0.1) is 0 Å². The third kappa shape index (κ3) is 7.39. The Morgan fingerprint density at radius 1 is 0.240 bits per heavy atom. The van der Waals surface area contributed by atoms with Gasteiger partial charge in [0.15, 0.2) is 0 Å². The quantitative estimate of drug-likeness (QED) is 0.139. The minimum atomic E-state index is -0.591. The van der Waals surface area contributed by atoms with E-state index in [9.17, 15) is 0 Å². The first kappa shape index (κ1) is 44.2. The van der Waals surface area contributed by atoms with Gasteiger partial charge in [-0.3, -0.25) is 0 Å². The topological polar surface area (TPSA) is 3.24 Å². The van der Waals surface area contributed by atoms with E-state index in [1.807, 2.05) is 0 Å². The van der Waals surface area contributed by atoms with Gasteiger partial charge in [0, 0.05) is 22.9 Å². The summed E-state index contributed by atoms with van der Waals surface area (Å²) in [6.45, 7) is 0. The van der Waals surface area contributed by atoms with E-state index in [4.69, 9.17) is 0 Å². The molecule has 1 unspecified atom stereocenters. The summed E-state index contributed by atoms with van der Waals surface area (Å²) in [6, 6.07) is 113. The zero-order valence-corrected chi connectivity index (χ0v) is 41.4. The minimum Gasteiger partial charge on any atom is -0.310 e. The van der Waals surface area contributed by atoms with E-state index in [1.54, 1.807) is 0 Å². The molecule has 1 heteroatoms. The molecule has 0 radical (unpaired) electrons. The van der Waals surface area contributed by atoms with Crippen molar-refractivity contribution in [1.82, 2.24) is 0 Å². The fourth-order valence-electron chi connectivity index (χ4n) is 12.6. The first-order valence-corrected chi connectivity index (χ1v) is 26.1. The number of nitrogens with zero attached hydrogens (tertiary/aromatic N) is 1. The standard InChI is InChI=1S/C74H51N/c1-6-21-51(22-7-1)55-37-43-60(44-38-55)75(61-45-39-56(40-46-61)52-23-8-2-9-24-52)71-36-20-33-65(72(71)57-29-14-5-15-30-57)73-64-47-41-59(54-27-12-4-13-28-54)50-70(64)74(67-34-18-16-31-62(67)63-32-17-19-35-68(63)74)69-48-42-58(49-66(69)73)53-25-10-3-11-26-53/h1-50,73H. The van der Waals surface area contributed by atoms with Gasteiger partial charge in [-0.05, 0) is 143 Å². The Labute approximate surface area is 440 Å². The molecule has 12 aromatic carbocycles. The lowest BCUT2D eigenvalue weighted by Crippen LogP contribution is -2.36. The molecule has 0 aromatic heterocycles. The summed E-state index contributed by atoms with van der Waals surface area (Å²) in [5, 5.41) is 0. The van der Waals surface area contributed by atoms with Crippen molar-refractivity contribution in [3.63, 3.8) is 0 Å². The highest BCUT2D eigenvalue weighted by atomic mass is 15.1. The van der Waals surface area contributed by atoms with E-state index in [0.717, 1.165) is 22.6 Å². The Bertz CT molecular complexity index is 3890. The second-order valence-electron chi connectivity index (χ2n) is 19.9. The van der Waals surface area contributed by atoms with E-state index in [0.29, 0.717) is 0 Å². The van der Waals surface area contributed by atoms with Gasteiger partial charge in [0.05, 0.1) is 11.1 Å². The average molecular weight is 954 g/mol. The molecule has 2 aliphatic carbocycles. The van der Waals surface area contributed by atoms with Crippen LogP contribution in [0.1, 0.15) is 44.9 Å². The third-order valence-electron chi connectivity index (χ3n) is 15.9. The average Bonchev–Trinajstić information content (AvgIpc) is 3.79. The van der Waals surface area contributed by atoms with Crippen molar-refractivity contribution in [3.05, 3.63) is 342 Å². The van der Waals surface area contributed by atoms with Crippen LogP contribution < -0.4 is 4.90 Å². The Hall–Kier alpha value is -9.56. The molecule has 0 bridgehead atoms. The maximum Gasteiger partial charge on any atom is 0.0719 e. The predicted octanol–water partition coefficient (Wildman–Crippen LogP) is 19.3. The fraction of sp³-hybridized carbons (Fsp3) is 0.0270. The lowest BCUT2D eigenvalue weighted by molar-refractivity contribution is 0.698. The fourth-order valence-corrected chi connectivity index (χ4v) is 12.6. The highest BCUT2D eigenvalue weighted by Gasteiger charge is 2.52. The molecule has 75 heavy (non-hydrogen) atoms. The Morgan fingerprint density at radius 2 is 0.640 bits per heavy atom. The molecular formula is C74H51N. The van der Waals surface area contributed by atoms with Gasteiger partial charge in [0.1, 0.15) is 0 Å². The first-order chi connectivity index (χ1) is 37.2. The van der Waals surface area contributed by atoms with Gasteiger partial charge in [0.2, 0.25) is 0 Å². The lowest BCUT2D eigenvalue weighted by Gasteiger charge is -2.44. The van der Waals surface area contributed by atoms with Gasteiger partial charge in [-0.1, -0.05) is 261 Å². The summed E-state index contributed by atoms with van der Waals surface area (Å²) in [7, 11) is 0. The Morgan fingerprint density at radius 3 is 1.15 bits per heavy atom. The van der Waals surface area contributed by atoms with Crippen LogP contribution in [-0.2, 0) is 5.41 Å². The minimum absolute atomic E-state index is 0.160. The molecule has 352 valence electrons. The molecule has 1 nitrogen and oxygen atoms in total. The van der Waals surface area contributed by atoms with Crippen LogP contribution in [0.15, 0.2) is 303 Å². The second kappa shape index (κ2) is 18.5. The van der Waals surface area contributed by atoms with Crippen molar-refractivity contribution < 1.29 is 0 Å². The maximum absolute atomic E-state index is 2.53. The number of benzene rings is 12. The molecule has 0 aliphatic heterocycles. The van der Waals surface area contributed by atoms with Crippen LogP contribution in [0.2, 0.25) is 0 Å². The van der Waals surface area contributed by atoms with E-state index in [1.165, 1.54) is 100 Å². The van der Waals surface area contributed by atoms with Crippen LogP contribution in [0.25, 0.3) is 66.8 Å². The predicted molar refractivity (Wildman–Crippen MR) is 313 cm³/mol. The van der Waals surface area contributed by atoms with Gasteiger partial charge >= 0.3 is 0 Å². The molecule has 0 saturated carbocycles. The van der Waals surface area contributed by atoms with Crippen LogP contribution in [0.4, 0.5) is 17.1 Å². The van der Waals surface area contributed by atoms with Gasteiger partial charge in [-0.15, -0.1) is 0 Å². The van der Waals surface area contributed by atoms with Crippen LogP contribution in [-0.4, -0.2) is 0 Å². The van der Waals surface area contributed by atoms with Crippen molar-refractivity contribution in [2.45, 2.75) is 11.3 Å². The molecule has 2 aliphatic rings. The largest absolute Gasteiger partial charge is 0.310 e. The zero-order valence-electron chi connectivity index (χ0n) is 41.4. The molecule has 12 aromatic rings. The number of hydrogen-bond donors (Lipinski definition) is 0. The van der Waals surface area contributed by atoms with Crippen molar-refractivity contribution in [2.24, 2.45) is 0 Å². The molecule has 1 atom stereocenters. The van der Waals surface area contributed by atoms with E-state index >= 15 is 0 Å². The monoisotopic (exact) mass is 953 g/mol. The van der Waals surface area contributed by atoms with E-state index < -0.39 is 5.41 Å². The van der Waals surface area contributed by atoms with Crippen LogP contribution in [0.5, 0.6) is 0 Å². The van der Waals surface area contributed by atoms with Crippen LogP contribution >= 0.6 is 0 Å². The first-order valence-electron chi connectivity index (χ1n) is 26.1. The normalized spacial score (nSPS) is 13.6. The summed E-state index contributed by atoms with van der Waals surface area (Å²) in [5.74, 6) is -0.160. The number of fused-ring (bicyclic) bond motifs is 9. The summed E-state index contributed by atoms with van der Waals surface area (Å²) < 4.78 is 0. The molecule has 0 heterocycles. The zero-order chi connectivity index (χ0) is 49.7. The van der Waals surface area contributed by atoms with Gasteiger partial charge in [-0.25, -0.2) is 0 Å². The van der Waals surface area contributed by atoms with E-state index in [-0.39, 0.29) is 5.92 Å². The van der Waals surface area contributed by atoms with Gasteiger partial charge in [-0.2, -0.15) is 0 Å². The second-order valence-corrected chi connectivity index (χ2v) is 19.9. The Balaban J connectivity index is 1.07. The molecule has 0 fully saturated rings.